The van der Waals surface area contributed by atoms with Crippen LogP contribution in [-0.2, 0) is 6.54 Å². The highest BCUT2D eigenvalue weighted by molar-refractivity contribution is 9.10. The van der Waals surface area contributed by atoms with Crippen LogP contribution < -0.4 is 5.32 Å². The Morgan fingerprint density at radius 1 is 1.25 bits per heavy atom. The van der Waals surface area contributed by atoms with Crippen molar-refractivity contribution in [3.63, 3.8) is 0 Å². The molecule has 0 aliphatic heterocycles. The van der Waals surface area contributed by atoms with Gasteiger partial charge in [-0.15, -0.1) is 0 Å². The zero-order valence-corrected chi connectivity index (χ0v) is 13.2. The van der Waals surface area contributed by atoms with Crippen molar-refractivity contribution in [2.24, 2.45) is 0 Å². The van der Waals surface area contributed by atoms with Crippen LogP contribution in [0.5, 0.6) is 0 Å². The lowest BCUT2D eigenvalue weighted by Crippen LogP contribution is -2.15. The molecule has 0 amide bonds. The van der Waals surface area contributed by atoms with Crippen LogP contribution >= 0.6 is 15.9 Å². The number of nitrogens with zero attached hydrogens (tertiary/aromatic N) is 2. The fourth-order valence-corrected chi connectivity index (χ4v) is 2.33. The Labute approximate surface area is 126 Å². The van der Waals surface area contributed by atoms with Crippen LogP contribution in [-0.4, -0.2) is 16.5 Å². The smallest absolute Gasteiger partial charge is 0.160 e. The number of benzene rings is 1. The molecule has 5 heteroatoms. The van der Waals surface area contributed by atoms with E-state index in [9.17, 15) is 4.39 Å². The van der Waals surface area contributed by atoms with Crippen LogP contribution in [0, 0.1) is 12.7 Å². The van der Waals surface area contributed by atoms with Crippen LogP contribution in [0.2, 0.25) is 0 Å². The third kappa shape index (κ3) is 3.84. The molecule has 2 rings (SSSR count). The molecule has 20 heavy (non-hydrogen) atoms. The predicted molar refractivity (Wildman–Crippen MR) is 81.9 cm³/mol. The molecule has 2 aromatic rings. The summed E-state index contributed by atoms with van der Waals surface area (Å²) >= 11 is 3.42. The van der Waals surface area contributed by atoms with Crippen molar-refractivity contribution in [2.45, 2.75) is 26.8 Å². The molecule has 0 saturated heterocycles. The SMILES string of the molecule is CCCNCc1cc(C)nc(-c2cc(F)ccc2Br)n1. The molecule has 3 nitrogen and oxygen atoms in total. The van der Waals surface area contributed by atoms with Crippen molar-refractivity contribution < 1.29 is 4.39 Å². The van der Waals surface area contributed by atoms with Crippen molar-refractivity contribution in [1.29, 1.82) is 0 Å². The monoisotopic (exact) mass is 337 g/mol. The average Bonchev–Trinajstić information content (AvgIpc) is 2.41. The third-order valence-corrected chi connectivity index (χ3v) is 3.50. The van der Waals surface area contributed by atoms with Gasteiger partial charge in [0.15, 0.2) is 5.82 Å². The second-order valence-corrected chi connectivity index (χ2v) is 5.48. The fourth-order valence-electron chi connectivity index (χ4n) is 1.91. The first kappa shape index (κ1) is 15.1. The number of hydrogen-bond acceptors (Lipinski definition) is 3. The highest BCUT2D eigenvalue weighted by atomic mass is 79.9. The van der Waals surface area contributed by atoms with Gasteiger partial charge in [0.25, 0.3) is 0 Å². The van der Waals surface area contributed by atoms with Gasteiger partial charge in [0.2, 0.25) is 0 Å². The predicted octanol–water partition coefficient (Wildman–Crippen LogP) is 3.85. The molecule has 0 unspecified atom stereocenters. The van der Waals surface area contributed by atoms with Gasteiger partial charge in [-0.1, -0.05) is 22.9 Å². The van der Waals surface area contributed by atoms with Crippen molar-refractivity contribution in [2.75, 3.05) is 6.54 Å². The van der Waals surface area contributed by atoms with Gasteiger partial charge in [-0.3, -0.25) is 0 Å². The van der Waals surface area contributed by atoms with E-state index in [0.717, 1.165) is 28.8 Å². The fraction of sp³-hybridized carbons (Fsp3) is 0.333. The summed E-state index contributed by atoms with van der Waals surface area (Å²) in [6.45, 7) is 5.67. The Morgan fingerprint density at radius 3 is 2.80 bits per heavy atom. The van der Waals surface area contributed by atoms with E-state index >= 15 is 0 Å². The Bertz CT molecular complexity index is 602. The zero-order valence-electron chi connectivity index (χ0n) is 11.6. The topological polar surface area (TPSA) is 37.8 Å². The van der Waals surface area contributed by atoms with E-state index in [1.165, 1.54) is 12.1 Å². The molecule has 0 atom stereocenters. The molecule has 0 aliphatic carbocycles. The first-order chi connectivity index (χ1) is 9.60. The van der Waals surface area contributed by atoms with Gasteiger partial charge in [0.1, 0.15) is 5.82 Å². The van der Waals surface area contributed by atoms with E-state index in [2.05, 4.69) is 38.1 Å². The molecule has 1 heterocycles. The Morgan fingerprint density at radius 2 is 2.05 bits per heavy atom. The zero-order chi connectivity index (χ0) is 14.5. The molecule has 1 aromatic carbocycles. The van der Waals surface area contributed by atoms with Crippen molar-refractivity contribution in [3.05, 3.63) is 45.9 Å². The van der Waals surface area contributed by atoms with Gasteiger partial charge in [-0.05, 0) is 44.2 Å². The molecule has 1 aromatic heterocycles. The first-order valence-electron chi connectivity index (χ1n) is 6.61. The standard InChI is InChI=1S/C15H17BrFN3/c1-3-6-18-9-12-7-10(2)19-15(20-12)13-8-11(17)4-5-14(13)16/h4-5,7-8,18H,3,6,9H2,1-2H3. The molecule has 106 valence electrons. The van der Waals surface area contributed by atoms with Gasteiger partial charge in [0.05, 0.1) is 5.69 Å². The summed E-state index contributed by atoms with van der Waals surface area (Å²) in [5, 5.41) is 3.31. The lowest BCUT2D eigenvalue weighted by Gasteiger charge is -2.08. The van der Waals surface area contributed by atoms with Gasteiger partial charge in [0, 0.05) is 22.3 Å². The molecule has 0 fully saturated rings. The molecular formula is C15H17BrFN3. The second kappa shape index (κ2) is 6.90. The Kier molecular flexibility index (Phi) is 5.20. The van der Waals surface area contributed by atoms with Gasteiger partial charge in [-0.2, -0.15) is 0 Å². The molecule has 0 radical (unpaired) electrons. The maximum absolute atomic E-state index is 13.4. The third-order valence-electron chi connectivity index (χ3n) is 2.81. The summed E-state index contributed by atoms with van der Waals surface area (Å²) in [5.74, 6) is 0.253. The number of nitrogens with one attached hydrogen (secondary N) is 1. The lowest BCUT2D eigenvalue weighted by atomic mass is 10.2. The van der Waals surface area contributed by atoms with Crippen molar-refractivity contribution >= 4 is 15.9 Å². The summed E-state index contributed by atoms with van der Waals surface area (Å²) in [6, 6.07) is 6.47. The Balaban J connectivity index is 2.34. The molecule has 0 bridgehead atoms. The van der Waals surface area contributed by atoms with Gasteiger partial charge in [-0.25, -0.2) is 14.4 Å². The number of hydrogen-bond donors (Lipinski definition) is 1. The summed E-state index contributed by atoms with van der Waals surface area (Å²) in [4.78, 5) is 8.91. The summed E-state index contributed by atoms with van der Waals surface area (Å²) in [7, 11) is 0. The molecule has 0 aliphatic rings. The van der Waals surface area contributed by atoms with Gasteiger partial charge < -0.3 is 5.32 Å². The first-order valence-corrected chi connectivity index (χ1v) is 7.40. The van der Waals surface area contributed by atoms with Gasteiger partial charge >= 0.3 is 0 Å². The highest BCUT2D eigenvalue weighted by Crippen LogP contribution is 2.26. The summed E-state index contributed by atoms with van der Waals surface area (Å²) < 4.78 is 14.2. The molecule has 1 N–H and O–H groups in total. The van der Waals surface area contributed by atoms with Crippen LogP contribution in [0.4, 0.5) is 4.39 Å². The van der Waals surface area contributed by atoms with Crippen LogP contribution in [0.3, 0.4) is 0 Å². The number of halogens is 2. The van der Waals surface area contributed by atoms with E-state index in [-0.39, 0.29) is 5.82 Å². The number of rotatable bonds is 5. The quantitative estimate of drug-likeness (QED) is 0.842. The van der Waals surface area contributed by atoms with Crippen LogP contribution in [0.25, 0.3) is 11.4 Å². The number of aromatic nitrogens is 2. The maximum atomic E-state index is 13.4. The largest absolute Gasteiger partial charge is 0.311 e. The van der Waals surface area contributed by atoms with Crippen molar-refractivity contribution in [3.8, 4) is 11.4 Å². The minimum Gasteiger partial charge on any atom is -0.311 e. The Hall–Kier alpha value is -1.33. The van der Waals surface area contributed by atoms with E-state index in [1.807, 2.05) is 13.0 Å². The highest BCUT2D eigenvalue weighted by Gasteiger charge is 2.10. The second-order valence-electron chi connectivity index (χ2n) is 4.63. The lowest BCUT2D eigenvalue weighted by molar-refractivity contribution is 0.627. The maximum Gasteiger partial charge on any atom is 0.160 e. The van der Waals surface area contributed by atoms with E-state index in [1.54, 1.807) is 6.07 Å². The van der Waals surface area contributed by atoms with Crippen LogP contribution in [0.15, 0.2) is 28.7 Å². The summed E-state index contributed by atoms with van der Waals surface area (Å²) in [5.41, 5.74) is 2.46. The van der Waals surface area contributed by atoms with Crippen molar-refractivity contribution in [1.82, 2.24) is 15.3 Å². The number of aryl methyl sites for hydroxylation is 1. The van der Waals surface area contributed by atoms with E-state index in [4.69, 9.17) is 0 Å². The van der Waals surface area contributed by atoms with Crippen LogP contribution in [0.1, 0.15) is 24.7 Å². The molecule has 0 saturated carbocycles. The summed E-state index contributed by atoms with van der Waals surface area (Å²) in [6.07, 6.45) is 1.08. The minimum absolute atomic E-state index is 0.293. The average molecular weight is 338 g/mol. The van der Waals surface area contributed by atoms with E-state index < -0.39 is 0 Å². The van der Waals surface area contributed by atoms with E-state index in [0.29, 0.717) is 17.9 Å². The molecular weight excluding hydrogens is 321 g/mol. The normalized spacial score (nSPS) is 10.8. The molecule has 0 spiro atoms. The minimum atomic E-state index is -0.293.